The fourth-order valence-electron chi connectivity index (χ4n) is 2.39. The van der Waals surface area contributed by atoms with E-state index in [9.17, 15) is 0 Å². The Hall–Kier alpha value is -2.49. The number of anilines is 3. The monoisotopic (exact) mass is 266 g/mol. The van der Waals surface area contributed by atoms with Crippen LogP contribution in [-0.2, 0) is 0 Å². The highest BCUT2D eigenvalue weighted by Gasteiger charge is 2.10. The van der Waals surface area contributed by atoms with Crippen LogP contribution in [-0.4, -0.2) is 17.0 Å². The van der Waals surface area contributed by atoms with E-state index in [1.54, 1.807) is 6.33 Å². The SMILES string of the molecule is Cc1cc(N)c(N(C)c2ccc3nc[nH]c3c2)cc1C. The van der Waals surface area contributed by atoms with E-state index in [0.717, 1.165) is 28.1 Å². The highest BCUT2D eigenvalue weighted by Crippen LogP contribution is 2.32. The van der Waals surface area contributed by atoms with Gasteiger partial charge in [-0.25, -0.2) is 4.98 Å². The van der Waals surface area contributed by atoms with E-state index in [0.29, 0.717) is 0 Å². The number of hydrogen-bond donors (Lipinski definition) is 2. The van der Waals surface area contributed by atoms with Crippen molar-refractivity contribution in [1.82, 2.24) is 9.97 Å². The van der Waals surface area contributed by atoms with Crippen molar-refractivity contribution in [3.8, 4) is 0 Å². The lowest BCUT2D eigenvalue weighted by Crippen LogP contribution is -2.12. The molecule has 0 saturated heterocycles. The highest BCUT2D eigenvalue weighted by molar-refractivity contribution is 5.83. The molecule has 1 heterocycles. The summed E-state index contributed by atoms with van der Waals surface area (Å²) in [5.41, 5.74) is 13.5. The molecular weight excluding hydrogens is 248 g/mol. The van der Waals surface area contributed by atoms with E-state index in [2.05, 4.69) is 46.9 Å². The standard InChI is InChI=1S/C16H18N4/c1-10-6-13(17)16(7-11(10)2)20(3)12-4-5-14-15(8-12)19-9-18-14/h4-9H,17H2,1-3H3,(H,18,19). The number of hydrogen-bond acceptors (Lipinski definition) is 3. The van der Waals surface area contributed by atoms with Crippen LogP contribution < -0.4 is 10.6 Å². The summed E-state index contributed by atoms with van der Waals surface area (Å²) in [6.07, 6.45) is 1.71. The topological polar surface area (TPSA) is 57.9 Å². The largest absolute Gasteiger partial charge is 0.397 e. The number of nitrogens with two attached hydrogens (primary N) is 1. The maximum Gasteiger partial charge on any atom is 0.0931 e. The van der Waals surface area contributed by atoms with Gasteiger partial charge < -0.3 is 15.6 Å². The third kappa shape index (κ3) is 1.99. The number of nitrogens with zero attached hydrogens (tertiary/aromatic N) is 2. The van der Waals surface area contributed by atoms with E-state index in [-0.39, 0.29) is 0 Å². The zero-order valence-corrected chi connectivity index (χ0v) is 11.9. The zero-order valence-electron chi connectivity index (χ0n) is 11.9. The van der Waals surface area contributed by atoms with Gasteiger partial charge in [0.2, 0.25) is 0 Å². The average molecular weight is 266 g/mol. The van der Waals surface area contributed by atoms with Gasteiger partial charge in [0, 0.05) is 12.7 Å². The minimum atomic E-state index is 0.792. The number of aryl methyl sites for hydroxylation is 2. The molecule has 1 aromatic heterocycles. The summed E-state index contributed by atoms with van der Waals surface area (Å²) < 4.78 is 0. The number of nitrogens with one attached hydrogen (secondary N) is 1. The second-order valence-corrected chi connectivity index (χ2v) is 5.16. The van der Waals surface area contributed by atoms with Crippen molar-refractivity contribution in [1.29, 1.82) is 0 Å². The molecular formula is C16H18N4. The lowest BCUT2D eigenvalue weighted by atomic mass is 10.1. The second-order valence-electron chi connectivity index (χ2n) is 5.16. The second kappa shape index (κ2) is 4.56. The van der Waals surface area contributed by atoms with Gasteiger partial charge >= 0.3 is 0 Å². The number of imidazole rings is 1. The molecule has 3 rings (SSSR count). The lowest BCUT2D eigenvalue weighted by molar-refractivity contribution is 1.20. The zero-order chi connectivity index (χ0) is 14.3. The Kier molecular flexibility index (Phi) is 2.86. The van der Waals surface area contributed by atoms with Gasteiger partial charge in [0.1, 0.15) is 0 Å². The molecule has 0 spiro atoms. The Balaban J connectivity index is 2.07. The maximum atomic E-state index is 6.16. The van der Waals surface area contributed by atoms with Crippen molar-refractivity contribution in [3.63, 3.8) is 0 Å². The molecule has 4 heteroatoms. The van der Waals surface area contributed by atoms with Gasteiger partial charge in [0.05, 0.1) is 28.7 Å². The van der Waals surface area contributed by atoms with Crippen molar-refractivity contribution in [3.05, 3.63) is 47.8 Å². The van der Waals surface area contributed by atoms with Crippen molar-refractivity contribution >= 4 is 28.1 Å². The predicted octanol–water partition coefficient (Wildman–Crippen LogP) is 3.53. The lowest BCUT2D eigenvalue weighted by Gasteiger charge is -2.22. The number of fused-ring (bicyclic) bond motifs is 1. The van der Waals surface area contributed by atoms with Gasteiger partial charge in [0.15, 0.2) is 0 Å². The number of H-pyrrole nitrogens is 1. The number of aromatic nitrogens is 2. The van der Waals surface area contributed by atoms with E-state index >= 15 is 0 Å². The minimum Gasteiger partial charge on any atom is -0.397 e. The summed E-state index contributed by atoms with van der Waals surface area (Å²) in [4.78, 5) is 9.47. The van der Waals surface area contributed by atoms with Crippen molar-refractivity contribution in [2.75, 3.05) is 17.7 Å². The van der Waals surface area contributed by atoms with E-state index in [1.165, 1.54) is 11.1 Å². The van der Waals surface area contributed by atoms with Gasteiger partial charge in [-0.05, 0) is 55.3 Å². The minimum absolute atomic E-state index is 0.792. The molecule has 0 fully saturated rings. The Bertz CT molecular complexity index is 773. The fourth-order valence-corrected chi connectivity index (χ4v) is 2.39. The van der Waals surface area contributed by atoms with Crippen molar-refractivity contribution in [2.45, 2.75) is 13.8 Å². The average Bonchev–Trinajstić information content (AvgIpc) is 2.89. The van der Waals surface area contributed by atoms with Crippen LogP contribution in [0, 0.1) is 13.8 Å². The van der Waals surface area contributed by atoms with E-state index in [4.69, 9.17) is 5.73 Å². The van der Waals surface area contributed by atoms with E-state index in [1.807, 2.05) is 19.2 Å². The molecule has 102 valence electrons. The van der Waals surface area contributed by atoms with Crippen LogP contribution in [0.2, 0.25) is 0 Å². The molecule has 3 aromatic rings. The van der Waals surface area contributed by atoms with E-state index < -0.39 is 0 Å². The summed E-state index contributed by atoms with van der Waals surface area (Å²) in [6, 6.07) is 10.3. The first-order valence-electron chi connectivity index (χ1n) is 6.60. The molecule has 2 aromatic carbocycles. The Morgan fingerprint density at radius 3 is 2.65 bits per heavy atom. The Labute approximate surface area is 118 Å². The first kappa shape index (κ1) is 12.5. The summed E-state index contributed by atoms with van der Waals surface area (Å²) in [6.45, 7) is 4.18. The van der Waals surface area contributed by atoms with Crippen LogP contribution in [0.1, 0.15) is 11.1 Å². The molecule has 0 bridgehead atoms. The number of benzene rings is 2. The summed E-state index contributed by atoms with van der Waals surface area (Å²) in [5.74, 6) is 0. The smallest absolute Gasteiger partial charge is 0.0931 e. The van der Waals surface area contributed by atoms with Gasteiger partial charge in [-0.1, -0.05) is 0 Å². The third-order valence-electron chi connectivity index (χ3n) is 3.80. The van der Waals surface area contributed by atoms with Crippen molar-refractivity contribution in [2.24, 2.45) is 0 Å². The van der Waals surface area contributed by atoms with Gasteiger partial charge in [-0.2, -0.15) is 0 Å². The number of nitrogen functional groups attached to an aromatic ring is 1. The third-order valence-corrected chi connectivity index (χ3v) is 3.80. The summed E-state index contributed by atoms with van der Waals surface area (Å²) >= 11 is 0. The molecule has 0 atom stereocenters. The molecule has 0 aliphatic heterocycles. The summed E-state index contributed by atoms with van der Waals surface area (Å²) in [5, 5.41) is 0. The Morgan fingerprint density at radius 2 is 1.85 bits per heavy atom. The Morgan fingerprint density at radius 1 is 1.10 bits per heavy atom. The quantitative estimate of drug-likeness (QED) is 0.698. The number of rotatable bonds is 2. The van der Waals surface area contributed by atoms with Gasteiger partial charge in [-0.15, -0.1) is 0 Å². The van der Waals surface area contributed by atoms with Gasteiger partial charge in [0.25, 0.3) is 0 Å². The predicted molar refractivity (Wildman–Crippen MR) is 84.5 cm³/mol. The first-order valence-corrected chi connectivity index (χ1v) is 6.60. The van der Waals surface area contributed by atoms with Crippen LogP contribution in [0.25, 0.3) is 11.0 Å². The van der Waals surface area contributed by atoms with Crippen LogP contribution in [0.3, 0.4) is 0 Å². The molecule has 0 amide bonds. The van der Waals surface area contributed by atoms with Crippen LogP contribution in [0.4, 0.5) is 17.1 Å². The number of aromatic amines is 1. The highest BCUT2D eigenvalue weighted by atomic mass is 15.1. The molecule has 0 aliphatic rings. The normalized spacial score (nSPS) is 10.9. The van der Waals surface area contributed by atoms with Gasteiger partial charge in [-0.3, -0.25) is 0 Å². The molecule has 0 radical (unpaired) electrons. The van der Waals surface area contributed by atoms with Crippen LogP contribution >= 0.6 is 0 Å². The van der Waals surface area contributed by atoms with Crippen LogP contribution in [0.15, 0.2) is 36.7 Å². The summed E-state index contributed by atoms with van der Waals surface area (Å²) in [7, 11) is 2.03. The molecule has 0 saturated carbocycles. The molecule has 0 unspecified atom stereocenters. The first-order chi connectivity index (χ1) is 9.56. The molecule has 3 N–H and O–H groups in total. The molecule has 0 aliphatic carbocycles. The fraction of sp³-hybridized carbons (Fsp3) is 0.188. The maximum absolute atomic E-state index is 6.16. The van der Waals surface area contributed by atoms with Crippen molar-refractivity contribution < 1.29 is 0 Å². The molecule has 4 nitrogen and oxygen atoms in total. The van der Waals surface area contributed by atoms with Crippen LogP contribution in [0.5, 0.6) is 0 Å². The molecule has 20 heavy (non-hydrogen) atoms.